The van der Waals surface area contributed by atoms with Gasteiger partial charge in [0, 0.05) is 16.1 Å². The van der Waals surface area contributed by atoms with E-state index in [0.717, 1.165) is 16.1 Å². The van der Waals surface area contributed by atoms with E-state index in [1.165, 1.54) is 17.4 Å². The van der Waals surface area contributed by atoms with E-state index >= 15 is 0 Å². The molecule has 134 valence electrons. The van der Waals surface area contributed by atoms with Crippen LogP contribution in [0.2, 0.25) is 0 Å². The van der Waals surface area contributed by atoms with Gasteiger partial charge in [0.05, 0.1) is 6.54 Å². The average molecular weight is 370 g/mol. The molecule has 6 nitrogen and oxygen atoms in total. The molecule has 0 fully saturated rings. The van der Waals surface area contributed by atoms with Crippen molar-refractivity contribution >= 4 is 23.2 Å². The SMILES string of the molecule is Cc1ccc(C(=O)N=c2sc(C)c(C)n2Cc2ccc(C(=O)O)o2)cc1. The number of benzene rings is 1. The Morgan fingerprint density at radius 1 is 1.12 bits per heavy atom. The van der Waals surface area contributed by atoms with E-state index in [1.807, 2.05) is 37.5 Å². The van der Waals surface area contributed by atoms with Crippen LogP contribution in [0.1, 0.15) is 42.8 Å². The van der Waals surface area contributed by atoms with E-state index in [0.29, 0.717) is 22.7 Å². The molecule has 0 bridgehead atoms. The number of aromatic carboxylic acids is 1. The van der Waals surface area contributed by atoms with E-state index in [4.69, 9.17) is 9.52 Å². The van der Waals surface area contributed by atoms with Gasteiger partial charge in [-0.2, -0.15) is 4.99 Å². The van der Waals surface area contributed by atoms with Gasteiger partial charge in [-0.15, -0.1) is 11.3 Å². The number of amides is 1. The van der Waals surface area contributed by atoms with Gasteiger partial charge in [0.1, 0.15) is 5.76 Å². The van der Waals surface area contributed by atoms with Crippen molar-refractivity contribution in [3.05, 3.63) is 74.4 Å². The average Bonchev–Trinajstić information content (AvgIpc) is 3.16. The van der Waals surface area contributed by atoms with E-state index in [9.17, 15) is 9.59 Å². The van der Waals surface area contributed by atoms with E-state index < -0.39 is 5.97 Å². The fourth-order valence-corrected chi connectivity index (χ4v) is 3.42. The number of carboxylic acid groups (broad SMARTS) is 1. The molecule has 1 N–H and O–H groups in total. The fourth-order valence-electron chi connectivity index (χ4n) is 2.45. The molecule has 0 aliphatic heterocycles. The number of hydrogen-bond donors (Lipinski definition) is 1. The second kappa shape index (κ2) is 7.13. The van der Waals surface area contributed by atoms with Gasteiger partial charge in [0.15, 0.2) is 4.80 Å². The Balaban J connectivity index is 1.97. The standard InChI is InChI=1S/C19H18N2O4S/c1-11-4-6-14(7-5-11)17(22)20-19-21(12(2)13(3)26-19)10-15-8-9-16(25-15)18(23)24/h4-9H,10H2,1-3H3,(H,23,24). The highest BCUT2D eigenvalue weighted by atomic mass is 32.1. The van der Waals surface area contributed by atoms with E-state index in [-0.39, 0.29) is 11.7 Å². The lowest BCUT2D eigenvalue weighted by molar-refractivity contribution is 0.0660. The van der Waals surface area contributed by atoms with Gasteiger partial charge in [-0.1, -0.05) is 17.7 Å². The van der Waals surface area contributed by atoms with Crippen molar-refractivity contribution in [3.8, 4) is 0 Å². The highest BCUT2D eigenvalue weighted by Gasteiger charge is 2.13. The number of aromatic nitrogens is 1. The van der Waals surface area contributed by atoms with Crippen molar-refractivity contribution in [1.29, 1.82) is 0 Å². The first-order chi connectivity index (χ1) is 12.3. The Kier molecular flexibility index (Phi) is 4.90. The van der Waals surface area contributed by atoms with Crippen molar-refractivity contribution in [1.82, 2.24) is 4.57 Å². The minimum Gasteiger partial charge on any atom is -0.475 e. The summed E-state index contributed by atoms with van der Waals surface area (Å²) >= 11 is 1.42. The number of aryl methyl sites for hydroxylation is 2. The molecule has 0 spiro atoms. The summed E-state index contributed by atoms with van der Waals surface area (Å²) in [6.07, 6.45) is 0. The zero-order valence-corrected chi connectivity index (χ0v) is 15.5. The Hall–Kier alpha value is -2.93. The predicted molar refractivity (Wildman–Crippen MR) is 97.6 cm³/mol. The zero-order valence-electron chi connectivity index (χ0n) is 14.6. The highest BCUT2D eigenvalue weighted by Crippen LogP contribution is 2.15. The van der Waals surface area contributed by atoms with Gasteiger partial charge >= 0.3 is 5.97 Å². The number of hydrogen-bond acceptors (Lipinski definition) is 4. The van der Waals surface area contributed by atoms with Crippen LogP contribution >= 0.6 is 11.3 Å². The number of carbonyl (C=O) groups is 2. The lowest BCUT2D eigenvalue weighted by Crippen LogP contribution is -2.19. The number of nitrogens with zero attached hydrogens (tertiary/aromatic N) is 2. The molecular weight excluding hydrogens is 352 g/mol. The Morgan fingerprint density at radius 2 is 1.81 bits per heavy atom. The third-order valence-corrected chi connectivity index (χ3v) is 5.17. The molecule has 3 aromatic rings. The highest BCUT2D eigenvalue weighted by molar-refractivity contribution is 7.09. The molecule has 1 aromatic carbocycles. The largest absolute Gasteiger partial charge is 0.475 e. The quantitative estimate of drug-likeness (QED) is 0.761. The molecule has 2 aromatic heterocycles. The maximum Gasteiger partial charge on any atom is 0.371 e. The third kappa shape index (κ3) is 3.67. The summed E-state index contributed by atoms with van der Waals surface area (Å²) in [4.78, 5) is 29.3. The van der Waals surface area contributed by atoms with Gasteiger partial charge in [-0.05, 0) is 45.0 Å². The van der Waals surface area contributed by atoms with Gasteiger partial charge < -0.3 is 14.1 Å². The Morgan fingerprint density at radius 3 is 2.42 bits per heavy atom. The molecule has 1 amide bonds. The van der Waals surface area contributed by atoms with Gasteiger partial charge in [0.25, 0.3) is 5.91 Å². The molecular formula is C19H18N2O4S. The molecule has 0 saturated carbocycles. The summed E-state index contributed by atoms with van der Waals surface area (Å²) in [5, 5.41) is 8.98. The predicted octanol–water partition coefficient (Wildman–Crippen LogP) is 3.56. The Labute approximate surface area is 154 Å². The second-order valence-electron chi connectivity index (χ2n) is 5.97. The lowest BCUT2D eigenvalue weighted by atomic mass is 10.1. The molecule has 26 heavy (non-hydrogen) atoms. The number of furan rings is 1. The normalized spacial score (nSPS) is 11.7. The Bertz CT molecular complexity index is 1040. The molecule has 0 saturated heterocycles. The van der Waals surface area contributed by atoms with Crippen molar-refractivity contribution in [3.63, 3.8) is 0 Å². The molecule has 0 unspecified atom stereocenters. The topological polar surface area (TPSA) is 84.8 Å². The first-order valence-corrected chi connectivity index (χ1v) is 8.81. The van der Waals surface area contributed by atoms with Crippen LogP contribution in [-0.4, -0.2) is 21.6 Å². The summed E-state index contributed by atoms with van der Waals surface area (Å²) in [7, 11) is 0. The molecule has 3 rings (SSSR count). The summed E-state index contributed by atoms with van der Waals surface area (Å²) in [5.41, 5.74) is 2.56. The van der Waals surface area contributed by atoms with Crippen molar-refractivity contribution in [2.45, 2.75) is 27.3 Å². The maximum absolute atomic E-state index is 12.5. The lowest BCUT2D eigenvalue weighted by Gasteiger charge is -2.04. The van der Waals surface area contributed by atoms with Crippen molar-refractivity contribution in [2.75, 3.05) is 0 Å². The number of carbonyl (C=O) groups excluding carboxylic acids is 1. The van der Waals surface area contributed by atoms with Gasteiger partial charge in [-0.25, -0.2) is 4.79 Å². The number of carboxylic acids is 1. The summed E-state index contributed by atoms with van der Waals surface area (Å²) in [5.74, 6) is -1.04. The second-order valence-corrected chi connectivity index (χ2v) is 7.15. The zero-order chi connectivity index (χ0) is 18.8. The number of thiazole rings is 1. The first kappa shape index (κ1) is 17.9. The molecule has 2 heterocycles. The minimum atomic E-state index is -1.11. The third-order valence-electron chi connectivity index (χ3n) is 4.07. The summed E-state index contributed by atoms with van der Waals surface area (Å²) in [6, 6.07) is 10.3. The van der Waals surface area contributed by atoms with Gasteiger partial charge in [0.2, 0.25) is 5.76 Å². The van der Waals surface area contributed by atoms with Crippen LogP contribution in [-0.2, 0) is 6.54 Å². The van der Waals surface area contributed by atoms with Crippen LogP contribution < -0.4 is 4.80 Å². The van der Waals surface area contributed by atoms with Crippen LogP contribution in [0.5, 0.6) is 0 Å². The van der Waals surface area contributed by atoms with Crippen molar-refractivity contribution < 1.29 is 19.1 Å². The van der Waals surface area contributed by atoms with Crippen LogP contribution in [0.4, 0.5) is 0 Å². The summed E-state index contributed by atoms with van der Waals surface area (Å²) < 4.78 is 7.19. The van der Waals surface area contributed by atoms with Crippen molar-refractivity contribution in [2.24, 2.45) is 4.99 Å². The van der Waals surface area contributed by atoms with Gasteiger partial charge in [-0.3, -0.25) is 4.79 Å². The molecule has 0 atom stereocenters. The molecule has 7 heteroatoms. The maximum atomic E-state index is 12.5. The molecule has 0 aliphatic rings. The van der Waals surface area contributed by atoms with Crippen LogP contribution in [0.15, 0.2) is 45.8 Å². The summed E-state index contributed by atoms with van der Waals surface area (Å²) in [6.45, 7) is 6.16. The van der Waals surface area contributed by atoms with E-state index in [2.05, 4.69) is 4.99 Å². The monoisotopic (exact) mass is 370 g/mol. The smallest absolute Gasteiger partial charge is 0.371 e. The van der Waals surface area contributed by atoms with Crippen LogP contribution in [0, 0.1) is 20.8 Å². The number of rotatable bonds is 4. The minimum absolute atomic E-state index is 0.112. The first-order valence-electron chi connectivity index (χ1n) is 7.99. The van der Waals surface area contributed by atoms with Crippen LogP contribution in [0.25, 0.3) is 0 Å². The van der Waals surface area contributed by atoms with Crippen LogP contribution in [0.3, 0.4) is 0 Å². The molecule has 0 radical (unpaired) electrons. The molecule has 0 aliphatic carbocycles. The fraction of sp³-hybridized carbons (Fsp3) is 0.211. The van der Waals surface area contributed by atoms with E-state index in [1.54, 1.807) is 18.2 Å².